The van der Waals surface area contributed by atoms with Gasteiger partial charge in [-0.2, -0.15) is 0 Å². The number of benzene rings is 4. The van der Waals surface area contributed by atoms with E-state index in [4.69, 9.17) is 20.9 Å². The van der Waals surface area contributed by atoms with Gasteiger partial charge in [0.2, 0.25) is 0 Å². The second kappa shape index (κ2) is 13.8. The number of carbonyl (C=O) groups is 2. The maximum Gasteiger partial charge on any atom is 0.344 e. The SMILES string of the molecule is CC1CCC(c2ccc(OC(=O)c3cc(N)ccc3-c3ccc(N)cc3C(=O)Oc3ccc(C4CCC(C)CC4)cc3)cc2)CC1. The third-order valence-electron chi connectivity index (χ3n) is 9.97. The molecule has 0 radical (unpaired) electrons. The van der Waals surface area contributed by atoms with E-state index in [2.05, 4.69) is 38.1 Å². The van der Waals surface area contributed by atoms with E-state index in [1.165, 1.54) is 62.5 Å². The van der Waals surface area contributed by atoms with Gasteiger partial charge in [0.25, 0.3) is 0 Å². The van der Waals surface area contributed by atoms with Crippen LogP contribution in [0.3, 0.4) is 0 Å². The lowest BCUT2D eigenvalue weighted by Gasteiger charge is -2.26. The molecule has 0 aromatic heterocycles. The van der Waals surface area contributed by atoms with Crippen LogP contribution in [0.5, 0.6) is 11.5 Å². The Balaban J connectivity index is 1.21. The van der Waals surface area contributed by atoms with Crippen molar-refractivity contribution in [2.45, 2.75) is 77.0 Å². The predicted octanol–water partition coefficient (Wildman–Crippen LogP) is 9.54. The first kappa shape index (κ1) is 31.4. The van der Waals surface area contributed by atoms with Gasteiger partial charge in [-0.15, -0.1) is 0 Å². The molecule has 6 rings (SSSR count). The van der Waals surface area contributed by atoms with Crippen LogP contribution < -0.4 is 20.9 Å². The highest BCUT2D eigenvalue weighted by Crippen LogP contribution is 2.38. The minimum absolute atomic E-state index is 0.246. The molecule has 2 fully saturated rings. The normalized spacial score (nSPS) is 21.3. The number of hydrogen-bond acceptors (Lipinski definition) is 6. The highest BCUT2D eigenvalue weighted by molar-refractivity contribution is 6.05. The summed E-state index contributed by atoms with van der Waals surface area (Å²) < 4.78 is 11.7. The monoisotopic (exact) mass is 616 g/mol. The summed E-state index contributed by atoms with van der Waals surface area (Å²) in [4.78, 5) is 27.2. The molecule has 4 N–H and O–H groups in total. The quantitative estimate of drug-likeness (QED) is 0.122. The highest BCUT2D eigenvalue weighted by atomic mass is 16.5. The lowest BCUT2D eigenvalue weighted by molar-refractivity contribution is 0.0723. The van der Waals surface area contributed by atoms with E-state index in [1.807, 2.05) is 24.3 Å². The van der Waals surface area contributed by atoms with Crippen LogP contribution in [-0.2, 0) is 0 Å². The summed E-state index contributed by atoms with van der Waals surface area (Å²) in [5, 5.41) is 0. The molecule has 0 heterocycles. The molecule has 0 spiro atoms. The number of nitrogen functional groups attached to an aromatic ring is 2. The van der Waals surface area contributed by atoms with Gasteiger partial charge in [0.1, 0.15) is 11.5 Å². The van der Waals surface area contributed by atoms with Crippen molar-refractivity contribution in [3.8, 4) is 22.6 Å². The Morgan fingerprint density at radius 1 is 0.522 bits per heavy atom. The summed E-state index contributed by atoms with van der Waals surface area (Å²) in [5.74, 6) is 2.44. The average Bonchev–Trinajstić information content (AvgIpc) is 3.06. The molecule has 2 aliphatic rings. The minimum atomic E-state index is -0.564. The number of esters is 2. The number of nitrogens with two attached hydrogens (primary N) is 2. The molecule has 0 atom stereocenters. The average molecular weight is 617 g/mol. The molecule has 0 amide bonds. The van der Waals surface area contributed by atoms with Crippen molar-refractivity contribution in [1.82, 2.24) is 0 Å². The fourth-order valence-electron chi connectivity index (χ4n) is 7.06. The topological polar surface area (TPSA) is 105 Å². The van der Waals surface area contributed by atoms with Gasteiger partial charge < -0.3 is 20.9 Å². The Bertz CT molecular complexity index is 1550. The van der Waals surface area contributed by atoms with E-state index in [1.54, 1.807) is 36.4 Å². The minimum Gasteiger partial charge on any atom is -0.423 e. The van der Waals surface area contributed by atoms with Gasteiger partial charge in [-0.3, -0.25) is 0 Å². The van der Waals surface area contributed by atoms with E-state index in [0.717, 1.165) is 11.8 Å². The van der Waals surface area contributed by atoms with E-state index >= 15 is 0 Å². The Labute approximate surface area is 272 Å². The Morgan fingerprint density at radius 2 is 0.870 bits per heavy atom. The molecule has 0 saturated heterocycles. The molecular weight excluding hydrogens is 572 g/mol. The summed E-state index contributed by atoms with van der Waals surface area (Å²) in [6.45, 7) is 4.63. The molecule has 0 bridgehead atoms. The van der Waals surface area contributed by atoms with Crippen LogP contribution in [0.25, 0.3) is 11.1 Å². The third-order valence-corrected chi connectivity index (χ3v) is 9.97. The molecular formula is C40H44N2O4. The van der Waals surface area contributed by atoms with Crippen LogP contribution in [0.1, 0.15) is 109 Å². The zero-order chi connectivity index (χ0) is 32.2. The molecule has 6 nitrogen and oxygen atoms in total. The van der Waals surface area contributed by atoms with Crippen LogP contribution in [0.15, 0.2) is 84.9 Å². The fourth-order valence-corrected chi connectivity index (χ4v) is 7.06. The van der Waals surface area contributed by atoms with Gasteiger partial charge in [-0.05, 0) is 120 Å². The lowest BCUT2D eigenvalue weighted by Crippen LogP contribution is -2.14. The molecule has 46 heavy (non-hydrogen) atoms. The Kier molecular flexibility index (Phi) is 9.43. The van der Waals surface area contributed by atoms with Crippen molar-refractivity contribution >= 4 is 23.3 Å². The van der Waals surface area contributed by atoms with Gasteiger partial charge in [-0.25, -0.2) is 9.59 Å². The molecule has 238 valence electrons. The zero-order valence-electron chi connectivity index (χ0n) is 26.8. The van der Waals surface area contributed by atoms with Crippen molar-refractivity contribution in [2.75, 3.05) is 11.5 Å². The van der Waals surface area contributed by atoms with Gasteiger partial charge >= 0.3 is 11.9 Å². The first-order valence-corrected chi connectivity index (χ1v) is 16.7. The summed E-state index contributed by atoms with van der Waals surface area (Å²) in [7, 11) is 0. The van der Waals surface area contributed by atoms with Crippen LogP contribution in [0.2, 0.25) is 0 Å². The zero-order valence-corrected chi connectivity index (χ0v) is 26.8. The van der Waals surface area contributed by atoms with Gasteiger partial charge in [-0.1, -0.05) is 75.9 Å². The van der Waals surface area contributed by atoms with Gasteiger partial charge in [0, 0.05) is 11.4 Å². The van der Waals surface area contributed by atoms with Crippen LogP contribution in [-0.4, -0.2) is 11.9 Å². The molecule has 2 saturated carbocycles. The summed E-state index contributed by atoms with van der Waals surface area (Å²) in [5.41, 5.74) is 17.1. The van der Waals surface area contributed by atoms with Crippen molar-refractivity contribution in [2.24, 2.45) is 11.8 Å². The van der Waals surface area contributed by atoms with Crippen LogP contribution in [0.4, 0.5) is 11.4 Å². The number of carbonyl (C=O) groups excluding carboxylic acids is 2. The van der Waals surface area contributed by atoms with Crippen molar-refractivity contribution in [3.63, 3.8) is 0 Å². The maximum atomic E-state index is 13.6. The Hall–Kier alpha value is -4.58. The molecule has 4 aromatic rings. The maximum absolute atomic E-state index is 13.6. The van der Waals surface area contributed by atoms with E-state index < -0.39 is 11.9 Å². The lowest BCUT2D eigenvalue weighted by atomic mass is 9.79. The smallest absolute Gasteiger partial charge is 0.344 e. The molecule has 6 heteroatoms. The van der Waals surface area contributed by atoms with Crippen molar-refractivity contribution in [1.29, 1.82) is 0 Å². The highest BCUT2D eigenvalue weighted by Gasteiger charge is 2.24. The van der Waals surface area contributed by atoms with E-state index in [0.29, 0.717) is 45.8 Å². The summed E-state index contributed by atoms with van der Waals surface area (Å²) in [6.07, 6.45) is 9.71. The van der Waals surface area contributed by atoms with E-state index in [9.17, 15) is 9.59 Å². The second-order valence-corrected chi connectivity index (χ2v) is 13.4. The first-order chi connectivity index (χ1) is 22.2. The Morgan fingerprint density at radius 3 is 1.22 bits per heavy atom. The fraction of sp³-hybridized carbons (Fsp3) is 0.350. The molecule has 0 unspecified atom stereocenters. The summed E-state index contributed by atoms with van der Waals surface area (Å²) in [6, 6.07) is 25.6. The number of ether oxygens (including phenoxy) is 2. The summed E-state index contributed by atoms with van der Waals surface area (Å²) >= 11 is 0. The third kappa shape index (κ3) is 7.28. The molecule has 4 aromatic carbocycles. The van der Waals surface area contributed by atoms with Crippen molar-refractivity contribution < 1.29 is 19.1 Å². The molecule has 0 aliphatic heterocycles. The first-order valence-electron chi connectivity index (χ1n) is 16.7. The largest absolute Gasteiger partial charge is 0.423 e. The predicted molar refractivity (Wildman–Crippen MR) is 184 cm³/mol. The second-order valence-electron chi connectivity index (χ2n) is 13.4. The van der Waals surface area contributed by atoms with Crippen molar-refractivity contribution in [3.05, 3.63) is 107 Å². The van der Waals surface area contributed by atoms with Gasteiger partial charge in [0.15, 0.2) is 0 Å². The standard InChI is InChI=1S/C40H44N2O4/c1-25-3-7-27(8-4-25)29-11-17-33(18-12-29)45-39(43)37-23-31(41)15-21-35(37)36-22-16-32(42)24-38(36)40(44)46-34-19-13-30(14-20-34)28-9-5-26(2)6-10-28/h11-28H,3-10,41-42H2,1-2H3. The number of hydrogen-bond donors (Lipinski definition) is 2. The van der Waals surface area contributed by atoms with Crippen LogP contribution in [0, 0.1) is 11.8 Å². The molecule has 2 aliphatic carbocycles. The number of rotatable bonds is 7. The van der Waals surface area contributed by atoms with Crippen LogP contribution >= 0.6 is 0 Å². The van der Waals surface area contributed by atoms with Gasteiger partial charge in [0.05, 0.1) is 11.1 Å². The number of anilines is 2. The van der Waals surface area contributed by atoms with E-state index in [-0.39, 0.29) is 11.1 Å².